The van der Waals surface area contributed by atoms with Gasteiger partial charge < -0.3 is 14.6 Å². The van der Waals surface area contributed by atoms with E-state index in [1.165, 1.54) is 24.6 Å². The van der Waals surface area contributed by atoms with E-state index in [4.69, 9.17) is 9.47 Å². The van der Waals surface area contributed by atoms with E-state index in [0.29, 0.717) is 23.7 Å². The van der Waals surface area contributed by atoms with Crippen LogP contribution in [0.2, 0.25) is 0 Å². The lowest BCUT2D eigenvalue weighted by Crippen LogP contribution is -2.32. The van der Waals surface area contributed by atoms with Gasteiger partial charge in [0.2, 0.25) is 0 Å². The van der Waals surface area contributed by atoms with Crippen LogP contribution in [0.25, 0.3) is 0 Å². The Hall–Kier alpha value is -1.20. The van der Waals surface area contributed by atoms with Crippen LogP contribution >= 0.6 is 11.8 Å². The Morgan fingerprint density at radius 1 is 1.27 bits per heavy atom. The second kappa shape index (κ2) is 6.50. The molecule has 0 aromatic heterocycles. The average Bonchev–Trinajstić information content (AvgIpc) is 3.00. The van der Waals surface area contributed by atoms with Gasteiger partial charge in [0, 0.05) is 12.2 Å². The summed E-state index contributed by atoms with van der Waals surface area (Å²) in [6.07, 6.45) is 5.48. The van der Waals surface area contributed by atoms with E-state index >= 15 is 0 Å². The summed E-state index contributed by atoms with van der Waals surface area (Å²) >= 11 is 1.30. The highest BCUT2D eigenvalue weighted by Gasteiger charge is 2.36. The minimum absolute atomic E-state index is 0.0443. The molecule has 1 saturated carbocycles. The molecule has 22 heavy (non-hydrogen) atoms. The van der Waals surface area contributed by atoms with Crippen molar-refractivity contribution in [3.8, 4) is 11.5 Å². The predicted octanol–water partition coefficient (Wildman–Crippen LogP) is 3.26. The molecule has 1 saturated heterocycles. The third-order valence-electron chi connectivity index (χ3n) is 4.51. The van der Waals surface area contributed by atoms with E-state index in [9.17, 15) is 9.90 Å². The molecule has 5 heteroatoms. The lowest BCUT2D eigenvalue weighted by molar-refractivity contribution is -0.116. The zero-order chi connectivity index (χ0) is 15.6. The normalized spacial score (nSPS) is 26.2. The minimum atomic E-state index is -1.08. The van der Waals surface area contributed by atoms with E-state index in [1.54, 1.807) is 7.11 Å². The number of hydrogen-bond acceptors (Lipinski definition) is 5. The quantitative estimate of drug-likeness (QED) is 0.922. The first-order chi connectivity index (χ1) is 10.6. The fourth-order valence-electron chi connectivity index (χ4n) is 3.20. The van der Waals surface area contributed by atoms with Gasteiger partial charge in [0.1, 0.15) is 0 Å². The maximum atomic E-state index is 11.7. The van der Waals surface area contributed by atoms with Crippen molar-refractivity contribution < 1.29 is 19.4 Å². The van der Waals surface area contributed by atoms with Gasteiger partial charge in [-0.1, -0.05) is 17.8 Å². The van der Waals surface area contributed by atoms with Crippen LogP contribution in [0.1, 0.15) is 44.1 Å². The van der Waals surface area contributed by atoms with E-state index in [1.807, 2.05) is 18.2 Å². The smallest absolute Gasteiger partial charge is 0.192 e. The number of thioether (sulfide) groups is 1. The topological polar surface area (TPSA) is 55.8 Å². The summed E-state index contributed by atoms with van der Waals surface area (Å²) in [5.41, 5.74) is -0.336. The highest BCUT2D eigenvalue weighted by Crippen LogP contribution is 2.41. The second-order valence-electron chi connectivity index (χ2n) is 6.07. The van der Waals surface area contributed by atoms with Crippen molar-refractivity contribution >= 4 is 16.9 Å². The monoisotopic (exact) mass is 322 g/mol. The molecular formula is C17H22O4S. The molecule has 0 spiro atoms. The molecular weight excluding hydrogens is 300 g/mol. The van der Waals surface area contributed by atoms with Gasteiger partial charge >= 0.3 is 0 Å². The molecule has 0 amide bonds. The van der Waals surface area contributed by atoms with Crippen LogP contribution in [-0.4, -0.2) is 29.2 Å². The van der Waals surface area contributed by atoms with Crippen molar-refractivity contribution in [2.24, 2.45) is 0 Å². The molecule has 2 aliphatic rings. The predicted molar refractivity (Wildman–Crippen MR) is 86.5 cm³/mol. The molecule has 1 aromatic rings. The zero-order valence-electron chi connectivity index (χ0n) is 12.8. The van der Waals surface area contributed by atoms with Crippen molar-refractivity contribution in [1.29, 1.82) is 0 Å². The van der Waals surface area contributed by atoms with Crippen LogP contribution in [0.15, 0.2) is 18.2 Å². The Bertz CT molecular complexity index is 554. The molecule has 3 rings (SSSR count). The number of benzene rings is 1. The number of hydrogen-bond donors (Lipinski definition) is 1. The zero-order valence-corrected chi connectivity index (χ0v) is 13.7. The summed E-state index contributed by atoms with van der Waals surface area (Å²) < 4.78 is 11.4. The summed E-state index contributed by atoms with van der Waals surface area (Å²) in [6, 6.07) is 5.51. The summed E-state index contributed by atoms with van der Waals surface area (Å²) in [5.74, 6) is 2.00. The van der Waals surface area contributed by atoms with Gasteiger partial charge in [-0.3, -0.25) is 4.79 Å². The number of carbonyl (C=O) groups is 1. The van der Waals surface area contributed by atoms with Crippen molar-refractivity contribution in [2.75, 3.05) is 12.9 Å². The fourth-order valence-corrected chi connectivity index (χ4v) is 4.21. The molecule has 2 fully saturated rings. The molecule has 1 heterocycles. The van der Waals surface area contributed by atoms with Crippen LogP contribution < -0.4 is 9.47 Å². The van der Waals surface area contributed by atoms with Crippen molar-refractivity contribution in [2.45, 2.75) is 50.2 Å². The Kier molecular flexibility index (Phi) is 4.64. The summed E-state index contributed by atoms with van der Waals surface area (Å²) in [6.45, 7) is 0. The molecule has 0 radical (unpaired) electrons. The first-order valence-electron chi connectivity index (χ1n) is 7.84. The number of ether oxygens (including phenoxy) is 2. The molecule has 0 bridgehead atoms. The van der Waals surface area contributed by atoms with E-state index in [-0.39, 0.29) is 17.6 Å². The molecule has 1 atom stereocenters. The highest BCUT2D eigenvalue weighted by molar-refractivity contribution is 8.13. The third-order valence-corrected chi connectivity index (χ3v) is 5.39. The van der Waals surface area contributed by atoms with E-state index in [0.717, 1.165) is 18.4 Å². The van der Waals surface area contributed by atoms with Gasteiger partial charge in [-0.25, -0.2) is 0 Å². The third kappa shape index (κ3) is 3.25. The van der Waals surface area contributed by atoms with E-state index in [2.05, 4.69) is 0 Å². The second-order valence-corrected chi connectivity index (χ2v) is 7.22. The maximum absolute atomic E-state index is 11.7. The van der Waals surface area contributed by atoms with Crippen LogP contribution in [-0.2, 0) is 10.4 Å². The molecule has 1 aromatic carbocycles. The first kappa shape index (κ1) is 15.7. The van der Waals surface area contributed by atoms with Gasteiger partial charge in [-0.2, -0.15) is 0 Å². The molecule has 4 nitrogen and oxygen atoms in total. The Morgan fingerprint density at radius 3 is 2.73 bits per heavy atom. The minimum Gasteiger partial charge on any atom is -0.493 e. The number of methoxy groups -OCH3 is 1. The molecule has 1 unspecified atom stereocenters. The van der Waals surface area contributed by atoms with Crippen molar-refractivity contribution in [1.82, 2.24) is 0 Å². The van der Waals surface area contributed by atoms with Gasteiger partial charge in [-0.15, -0.1) is 0 Å². The van der Waals surface area contributed by atoms with E-state index < -0.39 is 5.60 Å². The summed E-state index contributed by atoms with van der Waals surface area (Å²) in [5, 5.41) is 10.9. The van der Waals surface area contributed by atoms with Crippen molar-refractivity contribution in [3.05, 3.63) is 23.8 Å². The Morgan fingerprint density at radius 2 is 2.05 bits per heavy atom. The number of carbonyl (C=O) groups excluding carboxylic acids is 1. The van der Waals surface area contributed by atoms with Gasteiger partial charge in [0.15, 0.2) is 16.6 Å². The highest BCUT2D eigenvalue weighted by atomic mass is 32.2. The lowest BCUT2D eigenvalue weighted by Gasteiger charge is -2.31. The fraction of sp³-hybridized carbons (Fsp3) is 0.588. The average molecular weight is 322 g/mol. The number of rotatable bonds is 4. The van der Waals surface area contributed by atoms with Gasteiger partial charge in [0.25, 0.3) is 0 Å². The Labute approximate surface area is 135 Å². The van der Waals surface area contributed by atoms with Crippen molar-refractivity contribution in [3.63, 3.8) is 0 Å². The SMILES string of the molecule is COc1ccc(C2(O)CCSC(=O)C2)cc1OC1CCCC1. The molecule has 120 valence electrons. The standard InChI is InChI=1S/C17H22O4S/c1-20-14-7-6-12(17(19)8-9-22-16(18)11-17)10-15(14)21-13-4-2-3-5-13/h6-7,10,13,19H,2-5,8-9,11H2,1H3. The molecule has 1 aliphatic heterocycles. The van der Waals surface area contributed by atoms with Gasteiger partial charge in [0.05, 0.1) is 18.8 Å². The lowest BCUT2D eigenvalue weighted by atomic mass is 9.87. The molecule has 1 aliphatic carbocycles. The van der Waals surface area contributed by atoms with Crippen LogP contribution in [0, 0.1) is 0 Å². The van der Waals surface area contributed by atoms with Crippen LogP contribution in [0.4, 0.5) is 0 Å². The largest absolute Gasteiger partial charge is 0.493 e. The van der Waals surface area contributed by atoms with Gasteiger partial charge in [-0.05, 0) is 49.8 Å². The number of aliphatic hydroxyl groups is 1. The van der Waals surface area contributed by atoms with Crippen LogP contribution in [0.5, 0.6) is 11.5 Å². The maximum Gasteiger partial charge on any atom is 0.192 e. The first-order valence-corrected chi connectivity index (χ1v) is 8.82. The summed E-state index contributed by atoms with van der Waals surface area (Å²) in [4.78, 5) is 11.7. The summed E-state index contributed by atoms with van der Waals surface area (Å²) in [7, 11) is 1.62. The van der Waals surface area contributed by atoms with Crippen LogP contribution in [0.3, 0.4) is 0 Å². The Balaban J connectivity index is 1.87. The molecule has 1 N–H and O–H groups in total.